The van der Waals surface area contributed by atoms with Crippen LogP contribution in [0.1, 0.15) is 25.0 Å². The third kappa shape index (κ3) is 3.57. The smallest absolute Gasteiger partial charge is 0.407 e. The largest absolute Gasteiger partial charge is 0.491 e. The van der Waals surface area contributed by atoms with Crippen molar-refractivity contribution in [2.24, 2.45) is 5.92 Å². The summed E-state index contributed by atoms with van der Waals surface area (Å²) in [7, 11) is 0. The van der Waals surface area contributed by atoms with Crippen molar-refractivity contribution in [2.75, 3.05) is 19.7 Å². The number of carboxylic acid groups (broad SMARTS) is 1. The summed E-state index contributed by atoms with van der Waals surface area (Å²) in [5.41, 5.74) is 1.08. The first-order valence-corrected chi connectivity index (χ1v) is 8.08. The molecule has 0 spiro atoms. The Labute approximate surface area is 140 Å². The number of amides is 1. The Balaban J connectivity index is 1.59. The Kier molecular flexibility index (Phi) is 4.80. The average molecular weight is 325 g/mol. The molecule has 1 fully saturated rings. The second-order valence-electron chi connectivity index (χ2n) is 5.99. The zero-order valence-corrected chi connectivity index (χ0v) is 13.3. The lowest BCUT2D eigenvalue weighted by molar-refractivity contribution is 0.119. The third-order valence-corrected chi connectivity index (χ3v) is 4.47. The van der Waals surface area contributed by atoms with Crippen LogP contribution in [0.4, 0.5) is 4.79 Å². The van der Waals surface area contributed by atoms with Crippen molar-refractivity contribution in [3.05, 3.63) is 36.0 Å². The number of para-hydroxylation sites is 1. The maximum absolute atomic E-state index is 10.9. The van der Waals surface area contributed by atoms with Crippen molar-refractivity contribution in [1.82, 2.24) is 9.88 Å². The standard InChI is InChI=1S/C18H19N3O3/c19-12-15-5-4-14-2-1-3-16(17(14)20-15)24-11-8-13-6-9-21(10-7-13)18(22)23/h1-5,13H,6-11H2,(H,22,23). The number of pyridine rings is 1. The van der Waals surface area contributed by atoms with Crippen LogP contribution in [0.2, 0.25) is 0 Å². The number of hydrogen-bond donors (Lipinski definition) is 1. The first-order valence-electron chi connectivity index (χ1n) is 8.08. The lowest BCUT2D eigenvalue weighted by Gasteiger charge is -2.29. The molecule has 1 aliphatic heterocycles. The van der Waals surface area contributed by atoms with E-state index < -0.39 is 6.09 Å². The van der Waals surface area contributed by atoms with E-state index in [0.717, 1.165) is 24.6 Å². The molecule has 1 saturated heterocycles. The van der Waals surface area contributed by atoms with Gasteiger partial charge in [0.15, 0.2) is 0 Å². The number of rotatable bonds is 4. The molecule has 0 aliphatic carbocycles. The summed E-state index contributed by atoms with van der Waals surface area (Å²) in [4.78, 5) is 16.7. The highest BCUT2D eigenvalue weighted by Crippen LogP contribution is 2.25. The highest BCUT2D eigenvalue weighted by atomic mass is 16.5. The second kappa shape index (κ2) is 7.18. The molecule has 6 heteroatoms. The van der Waals surface area contributed by atoms with Crippen molar-refractivity contribution >= 4 is 17.0 Å². The molecule has 2 aromatic rings. The Morgan fingerprint density at radius 1 is 1.33 bits per heavy atom. The van der Waals surface area contributed by atoms with Crippen LogP contribution in [-0.2, 0) is 0 Å². The van der Waals surface area contributed by atoms with E-state index in [-0.39, 0.29) is 0 Å². The highest BCUT2D eigenvalue weighted by molar-refractivity contribution is 5.84. The van der Waals surface area contributed by atoms with E-state index >= 15 is 0 Å². The van der Waals surface area contributed by atoms with Crippen LogP contribution in [0.3, 0.4) is 0 Å². The fraction of sp³-hybridized carbons (Fsp3) is 0.389. The number of ether oxygens (including phenoxy) is 1. The summed E-state index contributed by atoms with van der Waals surface area (Å²) >= 11 is 0. The van der Waals surface area contributed by atoms with Gasteiger partial charge in [-0.25, -0.2) is 9.78 Å². The Bertz CT molecular complexity index is 777. The molecule has 0 bridgehead atoms. The van der Waals surface area contributed by atoms with Crippen LogP contribution in [0, 0.1) is 17.2 Å². The molecule has 0 unspecified atom stereocenters. The first-order chi connectivity index (χ1) is 11.7. The monoisotopic (exact) mass is 325 g/mol. The molecule has 6 nitrogen and oxygen atoms in total. The van der Waals surface area contributed by atoms with E-state index in [2.05, 4.69) is 4.98 Å². The molecule has 1 aromatic heterocycles. The van der Waals surface area contributed by atoms with Gasteiger partial charge in [0.25, 0.3) is 0 Å². The van der Waals surface area contributed by atoms with Crippen LogP contribution in [0.5, 0.6) is 5.75 Å². The number of fused-ring (bicyclic) bond motifs is 1. The zero-order chi connectivity index (χ0) is 16.9. The lowest BCUT2D eigenvalue weighted by atomic mass is 9.94. The Morgan fingerprint density at radius 3 is 2.83 bits per heavy atom. The van der Waals surface area contributed by atoms with E-state index in [1.807, 2.05) is 30.3 Å². The fourth-order valence-corrected chi connectivity index (χ4v) is 3.05. The van der Waals surface area contributed by atoms with Crippen molar-refractivity contribution < 1.29 is 14.6 Å². The molecular weight excluding hydrogens is 306 g/mol. The molecule has 124 valence electrons. The number of aromatic nitrogens is 1. The third-order valence-electron chi connectivity index (χ3n) is 4.47. The van der Waals surface area contributed by atoms with Gasteiger partial charge < -0.3 is 14.7 Å². The maximum Gasteiger partial charge on any atom is 0.407 e. The minimum absolute atomic E-state index is 0.375. The summed E-state index contributed by atoms with van der Waals surface area (Å²) < 4.78 is 5.89. The number of likely N-dealkylation sites (tertiary alicyclic amines) is 1. The van der Waals surface area contributed by atoms with Crippen molar-refractivity contribution in [2.45, 2.75) is 19.3 Å². The summed E-state index contributed by atoms with van der Waals surface area (Å²) in [6.07, 6.45) is 1.81. The predicted molar refractivity (Wildman–Crippen MR) is 88.9 cm³/mol. The zero-order valence-electron chi connectivity index (χ0n) is 13.3. The molecule has 24 heavy (non-hydrogen) atoms. The summed E-state index contributed by atoms with van der Waals surface area (Å²) in [6.45, 7) is 1.76. The number of piperidine rings is 1. The number of benzene rings is 1. The molecular formula is C18H19N3O3. The first kappa shape index (κ1) is 16.1. The maximum atomic E-state index is 10.9. The predicted octanol–water partition coefficient (Wildman–Crippen LogP) is 3.27. The molecule has 1 N–H and O–H groups in total. The molecule has 0 radical (unpaired) electrons. The summed E-state index contributed by atoms with van der Waals surface area (Å²) in [5.74, 6) is 1.17. The second-order valence-corrected chi connectivity index (χ2v) is 5.99. The van der Waals surface area contributed by atoms with Gasteiger partial charge in [0.1, 0.15) is 23.0 Å². The number of nitriles is 1. The van der Waals surface area contributed by atoms with E-state index in [1.165, 1.54) is 4.90 Å². The van der Waals surface area contributed by atoms with Gasteiger partial charge in [-0.05, 0) is 43.4 Å². The molecule has 1 aromatic carbocycles. The minimum atomic E-state index is -0.833. The van der Waals surface area contributed by atoms with Gasteiger partial charge in [-0.15, -0.1) is 0 Å². The van der Waals surface area contributed by atoms with Crippen molar-refractivity contribution in [3.63, 3.8) is 0 Å². The van der Waals surface area contributed by atoms with E-state index in [9.17, 15) is 4.79 Å². The fourth-order valence-electron chi connectivity index (χ4n) is 3.05. The molecule has 2 heterocycles. The molecule has 0 atom stereocenters. The molecule has 0 saturated carbocycles. The van der Waals surface area contributed by atoms with E-state index in [1.54, 1.807) is 6.07 Å². The van der Waals surface area contributed by atoms with Crippen LogP contribution < -0.4 is 4.74 Å². The van der Waals surface area contributed by atoms with E-state index in [0.29, 0.717) is 42.6 Å². The lowest BCUT2D eigenvalue weighted by Crippen LogP contribution is -2.37. The van der Waals surface area contributed by atoms with Crippen LogP contribution in [-0.4, -0.2) is 40.8 Å². The van der Waals surface area contributed by atoms with Gasteiger partial charge in [-0.1, -0.05) is 12.1 Å². The summed E-state index contributed by atoms with van der Waals surface area (Å²) in [5, 5.41) is 18.9. The molecule has 1 amide bonds. The topological polar surface area (TPSA) is 86.5 Å². The molecule has 3 rings (SSSR count). The Hall–Kier alpha value is -2.81. The van der Waals surface area contributed by atoms with Crippen molar-refractivity contribution in [1.29, 1.82) is 5.26 Å². The normalized spacial score (nSPS) is 15.2. The van der Waals surface area contributed by atoms with E-state index in [4.69, 9.17) is 15.1 Å². The van der Waals surface area contributed by atoms with Crippen LogP contribution in [0.15, 0.2) is 30.3 Å². The molecule has 1 aliphatic rings. The van der Waals surface area contributed by atoms with Gasteiger partial charge in [-0.2, -0.15) is 5.26 Å². The number of carbonyl (C=O) groups is 1. The number of nitrogens with zero attached hydrogens (tertiary/aromatic N) is 3. The van der Waals surface area contributed by atoms with Crippen LogP contribution >= 0.6 is 0 Å². The SMILES string of the molecule is N#Cc1ccc2cccc(OCCC3CCN(C(=O)O)CC3)c2n1. The van der Waals surface area contributed by atoms with Crippen LogP contribution in [0.25, 0.3) is 10.9 Å². The Morgan fingerprint density at radius 2 is 2.12 bits per heavy atom. The minimum Gasteiger partial charge on any atom is -0.491 e. The average Bonchev–Trinajstić information content (AvgIpc) is 2.62. The summed E-state index contributed by atoms with van der Waals surface area (Å²) in [6, 6.07) is 11.3. The van der Waals surface area contributed by atoms with Gasteiger partial charge in [-0.3, -0.25) is 0 Å². The van der Waals surface area contributed by atoms with Crippen molar-refractivity contribution in [3.8, 4) is 11.8 Å². The highest BCUT2D eigenvalue weighted by Gasteiger charge is 2.22. The van der Waals surface area contributed by atoms with Gasteiger partial charge in [0.2, 0.25) is 0 Å². The van der Waals surface area contributed by atoms with Gasteiger partial charge in [0, 0.05) is 18.5 Å². The quantitative estimate of drug-likeness (QED) is 0.932. The van der Waals surface area contributed by atoms with Gasteiger partial charge >= 0.3 is 6.09 Å². The number of hydrogen-bond acceptors (Lipinski definition) is 4. The van der Waals surface area contributed by atoms with Gasteiger partial charge in [0.05, 0.1) is 6.61 Å².